The molecule has 1 aromatic rings. The van der Waals surface area contributed by atoms with Gasteiger partial charge in [0.2, 0.25) is 11.8 Å². The molecule has 1 aliphatic heterocycles. The van der Waals surface area contributed by atoms with Crippen molar-refractivity contribution in [2.45, 2.75) is 18.1 Å². The molecule has 1 aliphatic rings. The number of carbonyl (C=O) groups is 3. The molecule has 1 atom stereocenters. The Balaban J connectivity index is 1.80. The summed E-state index contributed by atoms with van der Waals surface area (Å²) in [5.41, 5.74) is 0. The van der Waals surface area contributed by atoms with Gasteiger partial charge < -0.3 is 25.0 Å². The molecule has 2 amide bonds. The normalized spacial score (nSPS) is 19.2. The second-order valence-electron chi connectivity index (χ2n) is 4.44. The first kappa shape index (κ1) is 16.7. The van der Waals surface area contributed by atoms with Crippen LogP contribution in [0, 0.1) is 0 Å². The molecule has 122 valence electrons. The number of hydrogen-bond acceptors (Lipinski definition) is 8. The molecule has 0 aromatic carbocycles. The molecular formula is C13H13N4O5S-. The average Bonchev–Trinajstić information content (AvgIpc) is 3.09. The summed E-state index contributed by atoms with van der Waals surface area (Å²) in [6.07, 6.45) is 2.53. The molecule has 9 nitrogen and oxygen atoms in total. The Hall–Kier alpha value is -2.62. The Bertz CT molecular complexity index is 641. The Morgan fingerprint density at radius 3 is 3.04 bits per heavy atom. The van der Waals surface area contributed by atoms with Crippen LogP contribution < -0.4 is 15.7 Å². The van der Waals surface area contributed by atoms with Gasteiger partial charge in [0.15, 0.2) is 5.17 Å². The zero-order valence-electron chi connectivity index (χ0n) is 11.9. The van der Waals surface area contributed by atoms with E-state index in [2.05, 4.69) is 20.8 Å². The van der Waals surface area contributed by atoms with Crippen LogP contribution in [-0.4, -0.2) is 41.0 Å². The molecule has 0 aliphatic carbocycles. The molecule has 10 heteroatoms. The summed E-state index contributed by atoms with van der Waals surface area (Å²) in [4.78, 5) is 33.6. The summed E-state index contributed by atoms with van der Waals surface area (Å²) in [6, 6.07) is 3.40. The third-order valence-corrected chi connectivity index (χ3v) is 3.75. The Morgan fingerprint density at radius 1 is 1.52 bits per heavy atom. The number of furan rings is 1. The fourth-order valence-electron chi connectivity index (χ4n) is 1.63. The second kappa shape index (κ2) is 8.13. The summed E-state index contributed by atoms with van der Waals surface area (Å²) in [7, 11) is 0. The van der Waals surface area contributed by atoms with Crippen molar-refractivity contribution in [2.24, 2.45) is 10.2 Å². The summed E-state index contributed by atoms with van der Waals surface area (Å²) < 4.78 is 5.04. The van der Waals surface area contributed by atoms with E-state index < -0.39 is 17.1 Å². The SMILES string of the molecule is O=C([O-])CCNC(=O)C[C@@H]1S/C(=N\N=C/c2ccco2)NC1=O. The molecule has 1 saturated heterocycles. The van der Waals surface area contributed by atoms with Gasteiger partial charge in [0.1, 0.15) is 11.0 Å². The Morgan fingerprint density at radius 2 is 2.35 bits per heavy atom. The van der Waals surface area contributed by atoms with Gasteiger partial charge in [0.25, 0.3) is 0 Å². The lowest BCUT2D eigenvalue weighted by Gasteiger charge is -2.07. The maximum absolute atomic E-state index is 11.7. The van der Waals surface area contributed by atoms with Crippen LogP contribution in [0.5, 0.6) is 0 Å². The van der Waals surface area contributed by atoms with E-state index in [-0.39, 0.29) is 30.5 Å². The lowest BCUT2D eigenvalue weighted by Crippen LogP contribution is -2.34. The van der Waals surface area contributed by atoms with Crippen molar-refractivity contribution in [1.82, 2.24) is 10.6 Å². The maximum atomic E-state index is 11.7. The van der Waals surface area contributed by atoms with E-state index in [1.807, 2.05) is 0 Å². The molecular weight excluding hydrogens is 324 g/mol. The summed E-state index contributed by atoms with van der Waals surface area (Å²) in [5, 5.41) is 22.4. The number of nitrogens with zero attached hydrogens (tertiary/aromatic N) is 2. The van der Waals surface area contributed by atoms with Gasteiger partial charge in [0, 0.05) is 25.4 Å². The smallest absolute Gasteiger partial charge is 0.240 e. The van der Waals surface area contributed by atoms with E-state index in [1.165, 1.54) is 12.5 Å². The highest BCUT2D eigenvalue weighted by Gasteiger charge is 2.32. The number of aliphatic carboxylic acids is 1. The summed E-state index contributed by atoms with van der Waals surface area (Å²) in [6.45, 7) is -0.0332. The van der Waals surface area contributed by atoms with Gasteiger partial charge in [-0.1, -0.05) is 11.8 Å². The zero-order valence-corrected chi connectivity index (χ0v) is 12.7. The Kier molecular flexibility index (Phi) is 5.92. The highest BCUT2D eigenvalue weighted by Crippen LogP contribution is 2.22. The predicted octanol–water partition coefficient (Wildman–Crippen LogP) is -1.15. The molecule has 23 heavy (non-hydrogen) atoms. The van der Waals surface area contributed by atoms with Crippen LogP contribution in [0.2, 0.25) is 0 Å². The first-order chi connectivity index (χ1) is 11.0. The van der Waals surface area contributed by atoms with Crippen molar-refractivity contribution in [3.63, 3.8) is 0 Å². The van der Waals surface area contributed by atoms with Crippen molar-refractivity contribution in [1.29, 1.82) is 0 Å². The highest BCUT2D eigenvalue weighted by molar-refractivity contribution is 8.15. The number of amidine groups is 1. The average molecular weight is 337 g/mol. The van der Waals surface area contributed by atoms with E-state index in [4.69, 9.17) is 4.42 Å². The molecule has 0 unspecified atom stereocenters. The first-order valence-electron chi connectivity index (χ1n) is 6.63. The van der Waals surface area contributed by atoms with Crippen molar-refractivity contribution in [2.75, 3.05) is 6.54 Å². The fraction of sp³-hybridized carbons (Fsp3) is 0.308. The van der Waals surface area contributed by atoms with Gasteiger partial charge in [-0.15, -0.1) is 5.10 Å². The van der Waals surface area contributed by atoms with Crippen LogP contribution in [0.25, 0.3) is 0 Å². The standard InChI is InChI=1S/C13H14N4O5S/c18-10(14-4-3-11(19)20)6-9-12(21)16-13(23-9)17-15-7-8-2-1-5-22-8/h1-2,5,7,9H,3-4,6H2,(H,14,18)(H,19,20)(H,16,17,21)/p-1/b15-7-/t9-/m0/s1. The Labute approximate surface area is 135 Å². The monoisotopic (exact) mass is 337 g/mol. The summed E-state index contributed by atoms with van der Waals surface area (Å²) >= 11 is 1.08. The van der Waals surface area contributed by atoms with E-state index in [0.29, 0.717) is 5.76 Å². The van der Waals surface area contributed by atoms with E-state index >= 15 is 0 Å². The largest absolute Gasteiger partial charge is 0.550 e. The molecule has 2 N–H and O–H groups in total. The van der Waals surface area contributed by atoms with Crippen molar-refractivity contribution >= 4 is 40.9 Å². The molecule has 0 bridgehead atoms. The third kappa shape index (κ3) is 5.58. The molecule has 0 radical (unpaired) electrons. The molecule has 1 fully saturated rings. The van der Waals surface area contributed by atoms with Gasteiger partial charge >= 0.3 is 0 Å². The van der Waals surface area contributed by atoms with Crippen molar-refractivity contribution in [3.05, 3.63) is 24.2 Å². The minimum atomic E-state index is -1.25. The predicted molar refractivity (Wildman–Crippen MR) is 80.5 cm³/mol. The number of carboxylic acid groups (broad SMARTS) is 1. The van der Waals surface area contributed by atoms with Crippen LogP contribution in [0.15, 0.2) is 33.0 Å². The quantitative estimate of drug-likeness (QED) is 0.476. The minimum absolute atomic E-state index is 0.0332. The minimum Gasteiger partial charge on any atom is -0.550 e. The molecule has 2 rings (SSSR count). The van der Waals surface area contributed by atoms with Crippen LogP contribution in [0.4, 0.5) is 0 Å². The van der Waals surface area contributed by atoms with Crippen LogP contribution in [0.3, 0.4) is 0 Å². The summed E-state index contributed by atoms with van der Waals surface area (Å²) in [5.74, 6) is -1.49. The van der Waals surface area contributed by atoms with Gasteiger partial charge in [-0.3, -0.25) is 9.59 Å². The van der Waals surface area contributed by atoms with E-state index in [0.717, 1.165) is 11.8 Å². The second-order valence-corrected chi connectivity index (χ2v) is 5.63. The van der Waals surface area contributed by atoms with Crippen molar-refractivity contribution in [3.8, 4) is 0 Å². The molecule has 0 saturated carbocycles. The zero-order chi connectivity index (χ0) is 16.7. The van der Waals surface area contributed by atoms with E-state index in [1.54, 1.807) is 12.1 Å². The lowest BCUT2D eigenvalue weighted by molar-refractivity contribution is -0.305. The van der Waals surface area contributed by atoms with Crippen LogP contribution in [0.1, 0.15) is 18.6 Å². The number of carboxylic acids is 1. The third-order valence-electron chi connectivity index (χ3n) is 2.68. The highest BCUT2D eigenvalue weighted by atomic mass is 32.2. The number of thioether (sulfide) groups is 1. The van der Waals surface area contributed by atoms with Gasteiger partial charge in [-0.05, 0) is 12.1 Å². The van der Waals surface area contributed by atoms with Gasteiger partial charge in [-0.2, -0.15) is 5.10 Å². The number of rotatable bonds is 7. The van der Waals surface area contributed by atoms with E-state index in [9.17, 15) is 19.5 Å². The van der Waals surface area contributed by atoms with Crippen LogP contribution in [-0.2, 0) is 14.4 Å². The molecule has 1 aromatic heterocycles. The first-order valence-corrected chi connectivity index (χ1v) is 7.51. The topological polar surface area (TPSA) is 136 Å². The number of carbonyl (C=O) groups excluding carboxylic acids is 3. The molecule has 0 spiro atoms. The maximum Gasteiger partial charge on any atom is 0.240 e. The fourth-order valence-corrected chi connectivity index (χ4v) is 2.56. The molecule has 2 heterocycles. The van der Waals surface area contributed by atoms with Crippen molar-refractivity contribution < 1.29 is 23.9 Å². The van der Waals surface area contributed by atoms with Crippen LogP contribution >= 0.6 is 11.8 Å². The van der Waals surface area contributed by atoms with Gasteiger partial charge in [-0.25, -0.2) is 0 Å². The number of nitrogens with one attached hydrogen (secondary N) is 2. The lowest BCUT2D eigenvalue weighted by atomic mass is 10.2. The number of hydrogen-bond donors (Lipinski definition) is 2. The number of amides is 2. The van der Waals surface area contributed by atoms with Gasteiger partial charge in [0.05, 0.1) is 12.5 Å².